The van der Waals surface area contributed by atoms with Gasteiger partial charge in [-0.1, -0.05) is 39.0 Å². The van der Waals surface area contributed by atoms with Crippen LogP contribution >= 0.6 is 7.92 Å². The Bertz CT molecular complexity index is 443. The van der Waals surface area contributed by atoms with Gasteiger partial charge >= 0.3 is 107 Å². The Morgan fingerprint density at radius 1 is 1.00 bits per heavy atom. The van der Waals surface area contributed by atoms with E-state index < -0.39 is 25.8 Å². The number of carbonyl (C=O) groups is 2. The third-order valence-corrected chi connectivity index (χ3v) is 4.32. The molecule has 0 aliphatic rings. The average molecular weight is 358 g/mol. The van der Waals surface area contributed by atoms with E-state index in [1.165, 1.54) is 51.4 Å². The van der Waals surface area contributed by atoms with Crippen LogP contribution in [0, 0.1) is 11.5 Å². The molecule has 0 spiro atoms. The van der Waals surface area contributed by atoms with Crippen molar-refractivity contribution in [1.29, 1.82) is 0 Å². The van der Waals surface area contributed by atoms with Gasteiger partial charge in [-0.05, 0) is 0 Å². The molecule has 6 heteroatoms. The van der Waals surface area contributed by atoms with E-state index in [0.29, 0.717) is 6.61 Å². The summed E-state index contributed by atoms with van der Waals surface area (Å²) in [6.07, 6.45) is 12.3. The summed E-state index contributed by atoms with van der Waals surface area (Å²) in [7, 11) is -0.453. The number of carboxylic acid groups (broad SMARTS) is 1. The van der Waals surface area contributed by atoms with Crippen molar-refractivity contribution in [2.75, 3.05) is 6.61 Å². The first-order valence-electron chi connectivity index (χ1n) is 9.08. The zero-order chi connectivity index (χ0) is 18.0. The molecular formula is C18H31O5P. The summed E-state index contributed by atoms with van der Waals surface area (Å²) >= 11 is 0. The molecular weight excluding hydrogens is 327 g/mol. The van der Waals surface area contributed by atoms with Crippen molar-refractivity contribution in [2.24, 2.45) is 5.92 Å². The van der Waals surface area contributed by atoms with Crippen molar-refractivity contribution in [2.45, 2.75) is 84.0 Å². The fourth-order valence-corrected chi connectivity index (χ4v) is 2.78. The number of ether oxygens (including phenoxy) is 1. The van der Waals surface area contributed by atoms with E-state index in [-0.39, 0.29) is 12.8 Å². The molecule has 0 saturated carbocycles. The Morgan fingerprint density at radius 2 is 1.54 bits per heavy atom. The van der Waals surface area contributed by atoms with E-state index in [9.17, 15) is 14.2 Å². The second-order valence-electron chi connectivity index (χ2n) is 6.05. The predicted octanol–water partition coefficient (Wildman–Crippen LogP) is 5.18. The fraction of sp³-hybridized carbons (Fsp3) is 0.833. The molecule has 0 aromatic rings. The Morgan fingerprint density at radius 3 is 2.04 bits per heavy atom. The Hall–Kier alpha value is -1.05. The molecule has 24 heavy (non-hydrogen) atoms. The van der Waals surface area contributed by atoms with E-state index in [4.69, 9.17) is 9.84 Å². The van der Waals surface area contributed by atoms with Crippen molar-refractivity contribution in [3.63, 3.8) is 0 Å². The summed E-state index contributed by atoms with van der Waals surface area (Å²) in [5.41, 5.74) is 2.26. The van der Waals surface area contributed by atoms with Gasteiger partial charge in [0, 0.05) is 0 Å². The molecule has 0 aromatic carbocycles. The molecule has 1 unspecified atom stereocenters. The van der Waals surface area contributed by atoms with Gasteiger partial charge in [-0.15, -0.1) is 0 Å². The first-order chi connectivity index (χ1) is 11.6. The van der Waals surface area contributed by atoms with Crippen LogP contribution in [0.25, 0.3) is 0 Å². The van der Waals surface area contributed by atoms with Crippen LogP contribution in [0.3, 0.4) is 0 Å². The molecule has 0 bridgehead atoms. The molecule has 1 atom stereocenters. The van der Waals surface area contributed by atoms with Crippen LogP contribution in [0.5, 0.6) is 0 Å². The summed E-state index contributed by atoms with van der Waals surface area (Å²) in [6.45, 7) is 2.61. The summed E-state index contributed by atoms with van der Waals surface area (Å²) < 4.78 is 15.4. The minimum absolute atomic E-state index is 0.0112. The molecule has 138 valence electrons. The average Bonchev–Trinajstić information content (AvgIpc) is 2.56. The van der Waals surface area contributed by atoms with E-state index in [1.54, 1.807) is 0 Å². The second-order valence-corrected chi connectivity index (χ2v) is 6.49. The normalized spacial score (nSPS) is 11.5. The van der Waals surface area contributed by atoms with Gasteiger partial charge in [0.05, 0.1) is 0 Å². The van der Waals surface area contributed by atoms with Crippen LogP contribution in [-0.4, -0.2) is 23.7 Å². The molecule has 0 aromatic heterocycles. The van der Waals surface area contributed by atoms with Gasteiger partial charge in [-0.2, -0.15) is 0 Å². The second kappa shape index (κ2) is 16.8. The number of carboxylic acids is 1. The van der Waals surface area contributed by atoms with Crippen LogP contribution in [-0.2, 0) is 18.9 Å². The van der Waals surface area contributed by atoms with Gasteiger partial charge in [-0.25, -0.2) is 0 Å². The van der Waals surface area contributed by atoms with Crippen molar-refractivity contribution < 1.29 is 24.0 Å². The van der Waals surface area contributed by atoms with Crippen LogP contribution in [0.1, 0.15) is 84.0 Å². The number of unbranched alkanes of at least 4 members (excludes halogenated alkanes) is 9. The third kappa shape index (κ3) is 14.5. The predicted molar refractivity (Wildman–Crippen MR) is 94.7 cm³/mol. The first kappa shape index (κ1) is 22.9. The van der Waals surface area contributed by atoms with Crippen LogP contribution in [0.2, 0.25) is 0 Å². The van der Waals surface area contributed by atoms with Crippen molar-refractivity contribution in [3.05, 3.63) is 0 Å². The molecule has 0 heterocycles. The van der Waals surface area contributed by atoms with Gasteiger partial charge < -0.3 is 0 Å². The van der Waals surface area contributed by atoms with Crippen molar-refractivity contribution in [1.82, 2.24) is 0 Å². The molecule has 0 aliphatic heterocycles. The quantitative estimate of drug-likeness (QED) is 0.248. The first-order valence-corrected chi connectivity index (χ1v) is 9.89. The standard InChI is InChI=1S/C18H31O5P/c1-2-3-4-5-6-7-8-9-10-11-14-23-17(19)13-12-16(15-24-22)18(20)21/h16H,2-14H2,1H3,(H,20,21). The topological polar surface area (TPSA) is 80.7 Å². The van der Waals surface area contributed by atoms with E-state index in [1.807, 2.05) is 0 Å². The Kier molecular flexibility index (Phi) is 16.1. The van der Waals surface area contributed by atoms with E-state index in [2.05, 4.69) is 12.6 Å². The fourth-order valence-electron chi connectivity index (χ4n) is 2.42. The van der Waals surface area contributed by atoms with Gasteiger partial charge in [0.1, 0.15) is 0 Å². The summed E-state index contributed by atoms with van der Waals surface area (Å²) in [4.78, 5) is 22.3. The van der Waals surface area contributed by atoms with Gasteiger partial charge in [0.25, 0.3) is 0 Å². The Balaban J connectivity index is 3.47. The van der Waals surface area contributed by atoms with Crippen LogP contribution in [0.4, 0.5) is 0 Å². The molecule has 0 amide bonds. The summed E-state index contributed by atoms with van der Waals surface area (Å²) in [5.74, 6) is -2.52. The number of rotatable bonds is 15. The zero-order valence-electron chi connectivity index (χ0n) is 14.8. The maximum atomic E-state index is 11.5. The van der Waals surface area contributed by atoms with Gasteiger partial charge in [0.2, 0.25) is 0 Å². The van der Waals surface area contributed by atoms with Crippen LogP contribution in [0.15, 0.2) is 0 Å². The van der Waals surface area contributed by atoms with E-state index in [0.717, 1.165) is 12.8 Å². The Labute approximate surface area is 146 Å². The third-order valence-electron chi connectivity index (χ3n) is 3.90. The summed E-state index contributed by atoms with van der Waals surface area (Å²) in [5, 5.41) is 8.84. The van der Waals surface area contributed by atoms with Crippen LogP contribution < -0.4 is 0 Å². The number of hydrogen-bond donors (Lipinski definition) is 1. The number of hydrogen-bond acceptors (Lipinski definition) is 4. The van der Waals surface area contributed by atoms with Gasteiger partial charge in [-0.3, -0.25) is 0 Å². The summed E-state index contributed by atoms with van der Waals surface area (Å²) in [6, 6.07) is 0. The molecule has 5 nitrogen and oxygen atoms in total. The number of esters is 1. The maximum absolute atomic E-state index is 11.5. The SMILES string of the molecule is CCCCCCCCCCCCOC(=O)CCC(C#P=O)C(=O)O. The monoisotopic (exact) mass is 358 g/mol. The molecule has 0 radical (unpaired) electrons. The molecule has 1 N–H and O–H groups in total. The molecule has 0 rings (SSSR count). The van der Waals surface area contributed by atoms with Crippen molar-refractivity contribution >= 4 is 19.9 Å². The van der Waals surface area contributed by atoms with E-state index >= 15 is 0 Å². The minimum atomic E-state index is -1.12. The number of aliphatic carboxylic acids is 1. The van der Waals surface area contributed by atoms with Crippen molar-refractivity contribution in [3.8, 4) is 5.63 Å². The molecule has 0 fully saturated rings. The molecule has 0 aliphatic carbocycles. The zero-order valence-corrected chi connectivity index (χ0v) is 15.7. The van der Waals surface area contributed by atoms with Gasteiger partial charge in [0.15, 0.2) is 0 Å². The molecule has 0 saturated heterocycles. The number of carbonyl (C=O) groups excluding carboxylic acids is 1.